The van der Waals surface area contributed by atoms with E-state index in [4.69, 9.17) is 5.73 Å². The van der Waals surface area contributed by atoms with Crippen LogP contribution in [0.25, 0.3) is 0 Å². The standard InChI is InChI=1S/C12H14BrN5O/c1-7(11-17-15-6-18(11)2)16-12(19)8-3-9(13)5-10(14)4-8/h3-7H,14H2,1-2H3,(H,16,19). The van der Waals surface area contributed by atoms with E-state index in [1.54, 1.807) is 29.1 Å². The summed E-state index contributed by atoms with van der Waals surface area (Å²) in [5.41, 5.74) is 6.74. The summed E-state index contributed by atoms with van der Waals surface area (Å²) in [5, 5.41) is 10.6. The summed E-state index contributed by atoms with van der Waals surface area (Å²) in [5.74, 6) is 0.486. The van der Waals surface area contributed by atoms with E-state index in [0.29, 0.717) is 17.1 Å². The smallest absolute Gasteiger partial charge is 0.251 e. The van der Waals surface area contributed by atoms with Gasteiger partial charge in [-0.2, -0.15) is 0 Å². The molecular weight excluding hydrogens is 310 g/mol. The maximum absolute atomic E-state index is 12.1. The second-order valence-electron chi connectivity index (χ2n) is 4.27. The van der Waals surface area contributed by atoms with Crippen molar-refractivity contribution in [2.75, 3.05) is 5.73 Å². The lowest BCUT2D eigenvalue weighted by Gasteiger charge is -2.13. The fourth-order valence-electron chi connectivity index (χ4n) is 1.77. The number of anilines is 1. The van der Waals surface area contributed by atoms with Crippen LogP contribution in [0.2, 0.25) is 0 Å². The molecule has 0 spiro atoms. The van der Waals surface area contributed by atoms with E-state index in [1.807, 2.05) is 14.0 Å². The van der Waals surface area contributed by atoms with Gasteiger partial charge in [-0.3, -0.25) is 4.79 Å². The number of hydrogen-bond donors (Lipinski definition) is 2. The van der Waals surface area contributed by atoms with Gasteiger partial charge in [0.25, 0.3) is 5.91 Å². The van der Waals surface area contributed by atoms with Crippen LogP contribution in [0.4, 0.5) is 5.69 Å². The van der Waals surface area contributed by atoms with Crippen LogP contribution in [0.15, 0.2) is 29.0 Å². The number of nitrogens with two attached hydrogens (primary N) is 1. The van der Waals surface area contributed by atoms with E-state index in [1.165, 1.54) is 0 Å². The predicted molar refractivity (Wildman–Crippen MR) is 75.4 cm³/mol. The minimum Gasteiger partial charge on any atom is -0.399 e. The van der Waals surface area contributed by atoms with Crippen LogP contribution >= 0.6 is 15.9 Å². The Kier molecular flexibility index (Phi) is 3.84. The molecule has 2 rings (SSSR count). The van der Waals surface area contributed by atoms with E-state index in [9.17, 15) is 4.79 Å². The minimum atomic E-state index is -0.236. The van der Waals surface area contributed by atoms with Gasteiger partial charge in [0.05, 0.1) is 6.04 Å². The molecule has 0 saturated heterocycles. The molecular formula is C12H14BrN5O. The van der Waals surface area contributed by atoms with Crippen molar-refractivity contribution in [1.82, 2.24) is 20.1 Å². The Morgan fingerprint density at radius 1 is 1.47 bits per heavy atom. The van der Waals surface area contributed by atoms with E-state index in [-0.39, 0.29) is 11.9 Å². The van der Waals surface area contributed by atoms with Crippen molar-refractivity contribution < 1.29 is 4.79 Å². The van der Waals surface area contributed by atoms with Crippen LogP contribution in [0.5, 0.6) is 0 Å². The maximum Gasteiger partial charge on any atom is 0.251 e. The Hall–Kier alpha value is -1.89. The van der Waals surface area contributed by atoms with Gasteiger partial charge in [-0.25, -0.2) is 0 Å². The highest BCUT2D eigenvalue weighted by molar-refractivity contribution is 9.10. The Bertz CT molecular complexity index is 590. The lowest BCUT2D eigenvalue weighted by Crippen LogP contribution is -2.28. The number of carbonyl (C=O) groups is 1. The molecule has 0 saturated carbocycles. The molecule has 0 aliphatic carbocycles. The van der Waals surface area contributed by atoms with Gasteiger partial charge in [-0.15, -0.1) is 10.2 Å². The molecule has 2 aromatic rings. The van der Waals surface area contributed by atoms with Crippen LogP contribution < -0.4 is 11.1 Å². The molecule has 0 fully saturated rings. The van der Waals surface area contributed by atoms with Crippen molar-refractivity contribution in [2.24, 2.45) is 7.05 Å². The van der Waals surface area contributed by atoms with E-state index in [2.05, 4.69) is 31.4 Å². The first-order valence-corrected chi connectivity index (χ1v) is 6.47. The number of rotatable bonds is 3. The predicted octanol–water partition coefficient (Wildman–Crippen LogP) is 1.65. The number of nitrogens with one attached hydrogen (secondary N) is 1. The van der Waals surface area contributed by atoms with Crippen molar-refractivity contribution in [2.45, 2.75) is 13.0 Å². The lowest BCUT2D eigenvalue weighted by atomic mass is 10.2. The largest absolute Gasteiger partial charge is 0.399 e. The zero-order valence-electron chi connectivity index (χ0n) is 10.6. The van der Waals surface area contributed by atoms with Crippen molar-refractivity contribution in [3.63, 3.8) is 0 Å². The fraction of sp³-hybridized carbons (Fsp3) is 0.250. The number of carbonyl (C=O) groups excluding carboxylic acids is 1. The molecule has 0 aliphatic heterocycles. The van der Waals surface area contributed by atoms with E-state index < -0.39 is 0 Å². The van der Waals surface area contributed by atoms with Crippen molar-refractivity contribution in [3.8, 4) is 0 Å². The maximum atomic E-state index is 12.1. The Labute approximate surface area is 119 Å². The first-order chi connectivity index (χ1) is 8.97. The van der Waals surface area contributed by atoms with Crippen LogP contribution in [0, 0.1) is 0 Å². The molecule has 19 heavy (non-hydrogen) atoms. The highest BCUT2D eigenvalue weighted by Crippen LogP contribution is 2.18. The number of nitrogen functional groups attached to an aromatic ring is 1. The van der Waals surface area contributed by atoms with Gasteiger partial charge in [0, 0.05) is 22.8 Å². The molecule has 1 unspecified atom stereocenters. The second-order valence-corrected chi connectivity index (χ2v) is 5.18. The molecule has 6 nitrogen and oxygen atoms in total. The molecule has 1 atom stereocenters. The van der Waals surface area contributed by atoms with Crippen molar-refractivity contribution in [1.29, 1.82) is 0 Å². The van der Waals surface area contributed by atoms with Crippen molar-refractivity contribution in [3.05, 3.63) is 40.4 Å². The zero-order chi connectivity index (χ0) is 14.0. The monoisotopic (exact) mass is 323 g/mol. The number of aryl methyl sites for hydroxylation is 1. The number of amides is 1. The second kappa shape index (κ2) is 5.40. The molecule has 100 valence electrons. The average Bonchev–Trinajstić information content (AvgIpc) is 2.74. The summed E-state index contributed by atoms with van der Waals surface area (Å²) >= 11 is 3.31. The van der Waals surface area contributed by atoms with Gasteiger partial charge in [0.2, 0.25) is 0 Å². The van der Waals surface area contributed by atoms with Gasteiger partial charge in [0.15, 0.2) is 5.82 Å². The van der Waals surface area contributed by atoms with Crippen LogP contribution in [0.1, 0.15) is 29.1 Å². The molecule has 0 aliphatic rings. The lowest BCUT2D eigenvalue weighted by molar-refractivity contribution is 0.0937. The number of nitrogens with zero attached hydrogens (tertiary/aromatic N) is 3. The molecule has 1 aromatic carbocycles. The number of aromatic nitrogens is 3. The number of benzene rings is 1. The summed E-state index contributed by atoms with van der Waals surface area (Å²) in [7, 11) is 1.83. The third-order valence-corrected chi connectivity index (χ3v) is 3.12. The third-order valence-electron chi connectivity index (χ3n) is 2.66. The molecule has 7 heteroatoms. The molecule has 0 bridgehead atoms. The normalized spacial score (nSPS) is 12.2. The topological polar surface area (TPSA) is 85.8 Å². The van der Waals surface area contributed by atoms with Gasteiger partial charge in [-0.1, -0.05) is 15.9 Å². The van der Waals surface area contributed by atoms with Gasteiger partial charge < -0.3 is 15.6 Å². The third kappa shape index (κ3) is 3.11. The van der Waals surface area contributed by atoms with Crippen LogP contribution in [-0.4, -0.2) is 20.7 Å². The number of hydrogen-bond acceptors (Lipinski definition) is 4. The summed E-state index contributed by atoms with van der Waals surface area (Å²) in [6, 6.07) is 4.85. The molecule has 1 aromatic heterocycles. The Morgan fingerprint density at radius 2 is 2.21 bits per heavy atom. The number of halogens is 1. The summed E-state index contributed by atoms with van der Waals surface area (Å²) in [4.78, 5) is 12.1. The first kappa shape index (κ1) is 13.5. The first-order valence-electron chi connectivity index (χ1n) is 5.68. The Morgan fingerprint density at radius 3 is 2.79 bits per heavy atom. The van der Waals surface area contributed by atoms with E-state index in [0.717, 1.165) is 4.47 Å². The van der Waals surface area contributed by atoms with Gasteiger partial charge >= 0.3 is 0 Å². The van der Waals surface area contributed by atoms with Crippen LogP contribution in [0.3, 0.4) is 0 Å². The molecule has 1 amide bonds. The van der Waals surface area contributed by atoms with Gasteiger partial charge in [-0.05, 0) is 25.1 Å². The summed E-state index contributed by atoms with van der Waals surface area (Å²) < 4.78 is 2.53. The molecule has 1 heterocycles. The summed E-state index contributed by atoms with van der Waals surface area (Å²) in [6.45, 7) is 1.85. The van der Waals surface area contributed by atoms with Crippen molar-refractivity contribution >= 4 is 27.5 Å². The quantitative estimate of drug-likeness (QED) is 0.841. The zero-order valence-corrected chi connectivity index (χ0v) is 12.2. The van der Waals surface area contributed by atoms with Gasteiger partial charge in [0.1, 0.15) is 6.33 Å². The van der Waals surface area contributed by atoms with Crippen LogP contribution in [-0.2, 0) is 7.05 Å². The fourth-order valence-corrected chi connectivity index (χ4v) is 2.28. The highest BCUT2D eigenvalue weighted by Gasteiger charge is 2.15. The molecule has 0 radical (unpaired) electrons. The average molecular weight is 324 g/mol. The Balaban J connectivity index is 2.15. The minimum absolute atomic E-state index is 0.205. The SMILES string of the molecule is CC(NC(=O)c1cc(N)cc(Br)c1)c1nncn1C. The molecule has 3 N–H and O–H groups in total. The summed E-state index contributed by atoms with van der Waals surface area (Å²) in [6.07, 6.45) is 1.59. The van der Waals surface area contributed by atoms with E-state index >= 15 is 0 Å². The highest BCUT2D eigenvalue weighted by atomic mass is 79.9.